The van der Waals surface area contributed by atoms with Crippen molar-refractivity contribution in [3.8, 4) is 0 Å². The minimum absolute atomic E-state index is 0.145. The van der Waals surface area contributed by atoms with Crippen LogP contribution in [0.4, 0.5) is 10.1 Å². The lowest BCUT2D eigenvalue weighted by molar-refractivity contribution is -0.121. The fourth-order valence-electron chi connectivity index (χ4n) is 2.15. The van der Waals surface area contributed by atoms with Gasteiger partial charge in [-0.1, -0.05) is 43.6 Å². The van der Waals surface area contributed by atoms with Crippen LogP contribution in [0.2, 0.25) is 5.02 Å². The van der Waals surface area contributed by atoms with Crippen LogP contribution in [0.3, 0.4) is 0 Å². The largest absolute Gasteiger partial charge is 0.331 e. The molecule has 2 aromatic carbocycles. The summed E-state index contributed by atoms with van der Waals surface area (Å²) in [6.07, 6.45) is -0.190. The van der Waals surface area contributed by atoms with E-state index in [2.05, 4.69) is 30.0 Å². The quantitative estimate of drug-likeness (QED) is 0.551. The van der Waals surface area contributed by atoms with Crippen molar-refractivity contribution in [2.75, 3.05) is 5.32 Å². The highest BCUT2D eigenvalue weighted by Gasteiger charge is 2.12. The van der Waals surface area contributed by atoms with E-state index in [9.17, 15) is 9.18 Å². The third-order valence-corrected chi connectivity index (χ3v) is 4.11. The van der Waals surface area contributed by atoms with Crippen LogP contribution in [0.15, 0.2) is 42.5 Å². The van der Waals surface area contributed by atoms with E-state index in [-0.39, 0.29) is 22.1 Å². The summed E-state index contributed by atoms with van der Waals surface area (Å²) in [6, 6.07) is 12.1. The Kier molecular flexibility index (Phi) is 6.73. The zero-order chi connectivity index (χ0) is 18.4. The maximum absolute atomic E-state index is 13.7. The number of thiocarbonyl (C=S) groups is 1. The second kappa shape index (κ2) is 8.78. The van der Waals surface area contributed by atoms with Crippen molar-refractivity contribution in [2.24, 2.45) is 0 Å². The van der Waals surface area contributed by atoms with E-state index in [0.29, 0.717) is 5.92 Å². The molecule has 0 aliphatic heterocycles. The molecule has 0 fully saturated rings. The Morgan fingerprint density at radius 2 is 1.84 bits per heavy atom. The van der Waals surface area contributed by atoms with Crippen molar-refractivity contribution in [3.05, 3.63) is 64.4 Å². The summed E-state index contributed by atoms with van der Waals surface area (Å²) >= 11 is 11.0. The van der Waals surface area contributed by atoms with Crippen LogP contribution in [0.1, 0.15) is 30.9 Å². The number of nitrogens with one attached hydrogen (secondary N) is 3. The highest BCUT2D eigenvalue weighted by molar-refractivity contribution is 7.80. The van der Waals surface area contributed by atoms with Crippen LogP contribution in [0.5, 0.6) is 0 Å². The molecule has 0 aromatic heterocycles. The third-order valence-electron chi connectivity index (χ3n) is 3.55. The third kappa shape index (κ3) is 5.69. The highest BCUT2D eigenvalue weighted by Crippen LogP contribution is 2.19. The lowest BCUT2D eigenvalue weighted by atomic mass is 10.0. The second-order valence-electron chi connectivity index (χ2n) is 5.78. The molecule has 0 aliphatic rings. The van der Waals surface area contributed by atoms with Crippen molar-refractivity contribution in [2.45, 2.75) is 26.2 Å². The zero-order valence-electron chi connectivity index (χ0n) is 13.9. The Bertz CT molecular complexity index is 745. The number of carbonyl (C=O) groups excluding carboxylic acids is 1. The van der Waals surface area contributed by atoms with E-state index in [1.807, 2.05) is 24.3 Å². The van der Waals surface area contributed by atoms with Crippen LogP contribution < -0.4 is 16.2 Å². The predicted octanol–water partition coefficient (Wildman–Crippen LogP) is 4.16. The van der Waals surface area contributed by atoms with Crippen molar-refractivity contribution < 1.29 is 9.18 Å². The van der Waals surface area contributed by atoms with Crippen molar-refractivity contribution in [3.63, 3.8) is 0 Å². The summed E-state index contributed by atoms with van der Waals surface area (Å²) in [7, 11) is 0. The molecule has 1 amide bonds. The van der Waals surface area contributed by atoms with E-state index in [0.717, 1.165) is 5.69 Å². The standard InChI is InChI=1S/C18H19ClFN3OS/c1-11(2)12-6-8-13(9-7-12)21-18(25)23-22-17(24)10-14-15(19)4-3-5-16(14)20/h3-9,11H,10H2,1-2H3,(H,22,24)(H2,21,23,25). The summed E-state index contributed by atoms with van der Waals surface area (Å²) in [6.45, 7) is 4.23. The van der Waals surface area contributed by atoms with Crippen molar-refractivity contribution in [1.29, 1.82) is 0 Å². The molecule has 7 heteroatoms. The van der Waals surface area contributed by atoms with Crippen LogP contribution in [0, 0.1) is 5.82 Å². The molecule has 4 nitrogen and oxygen atoms in total. The molecule has 2 rings (SSSR count). The van der Waals surface area contributed by atoms with Crippen LogP contribution >= 0.6 is 23.8 Å². The number of halogens is 2. The molecule has 0 saturated carbocycles. The predicted molar refractivity (Wildman–Crippen MR) is 103 cm³/mol. The molecule has 0 heterocycles. The van der Waals surface area contributed by atoms with Crippen LogP contribution in [-0.2, 0) is 11.2 Å². The molecule has 3 N–H and O–H groups in total. The Morgan fingerprint density at radius 3 is 2.44 bits per heavy atom. The number of carbonyl (C=O) groups is 1. The monoisotopic (exact) mass is 379 g/mol. The van der Waals surface area contributed by atoms with E-state index >= 15 is 0 Å². The maximum atomic E-state index is 13.7. The molecule has 0 spiro atoms. The first-order valence-electron chi connectivity index (χ1n) is 7.75. The average Bonchev–Trinajstić information content (AvgIpc) is 2.57. The van der Waals surface area contributed by atoms with Crippen molar-refractivity contribution in [1.82, 2.24) is 10.9 Å². The molecule has 0 aliphatic carbocycles. The number of benzene rings is 2. The highest BCUT2D eigenvalue weighted by atomic mass is 35.5. The Labute approximate surface area is 156 Å². The van der Waals surface area contributed by atoms with E-state index < -0.39 is 11.7 Å². The van der Waals surface area contributed by atoms with Gasteiger partial charge in [0, 0.05) is 16.3 Å². The van der Waals surface area contributed by atoms with Gasteiger partial charge < -0.3 is 5.32 Å². The zero-order valence-corrected chi connectivity index (χ0v) is 15.5. The van der Waals surface area contributed by atoms with Gasteiger partial charge in [-0.2, -0.15) is 0 Å². The maximum Gasteiger partial charge on any atom is 0.242 e. The van der Waals surface area contributed by atoms with Gasteiger partial charge in [-0.3, -0.25) is 15.6 Å². The number of hydrogen-bond donors (Lipinski definition) is 3. The summed E-state index contributed by atoms with van der Waals surface area (Å²) < 4.78 is 13.7. The lowest BCUT2D eigenvalue weighted by Gasteiger charge is -2.13. The molecule has 2 aromatic rings. The van der Waals surface area contributed by atoms with Crippen LogP contribution in [-0.4, -0.2) is 11.0 Å². The minimum Gasteiger partial charge on any atom is -0.331 e. The van der Waals surface area contributed by atoms with Gasteiger partial charge >= 0.3 is 0 Å². The molecule has 0 saturated heterocycles. The molecule has 132 valence electrons. The van der Waals surface area contributed by atoms with Crippen LogP contribution in [0.25, 0.3) is 0 Å². The Balaban J connectivity index is 1.84. The molecule has 0 atom stereocenters. The first kappa shape index (κ1) is 19.1. The molecule has 0 bridgehead atoms. The normalized spacial score (nSPS) is 10.4. The van der Waals surface area contributed by atoms with E-state index in [4.69, 9.17) is 23.8 Å². The number of amides is 1. The Hall–Kier alpha value is -2.18. The van der Waals surface area contributed by atoms with Gasteiger partial charge in [0.2, 0.25) is 5.91 Å². The summed E-state index contributed by atoms with van der Waals surface area (Å²) in [5.41, 5.74) is 7.17. The topological polar surface area (TPSA) is 53.2 Å². The molecular weight excluding hydrogens is 361 g/mol. The lowest BCUT2D eigenvalue weighted by Crippen LogP contribution is -2.44. The van der Waals surface area contributed by atoms with Gasteiger partial charge in [-0.25, -0.2) is 4.39 Å². The number of hydrogen-bond acceptors (Lipinski definition) is 2. The van der Waals surface area contributed by atoms with Gasteiger partial charge in [-0.05, 0) is 48.0 Å². The minimum atomic E-state index is -0.520. The SMILES string of the molecule is CC(C)c1ccc(NC(=S)NNC(=O)Cc2c(F)cccc2Cl)cc1. The summed E-state index contributed by atoms with van der Waals surface area (Å²) in [5.74, 6) is -0.525. The van der Waals surface area contributed by atoms with Gasteiger partial charge in [0.05, 0.1) is 6.42 Å². The first-order valence-corrected chi connectivity index (χ1v) is 8.54. The van der Waals surface area contributed by atoms with Gasteiger partial charge in [0.25, 0.3) is 0 Å². The first-order chi connectivity index (χ1) is 11.9. The van der Waals surface area contributed by atoms with Crippen molar-refractivity contribution >= 4 is 40.5 Å². The summed E-state index contributed by atoms with van der Waals surface area (Å²) in [4.78, 5) is 11.9. The Morgan fingerprint density at radius 1 is 1.16 bits per heavy atom. The molecule has 0 radical (unpaired) electrons. The van der Waals surface area contributed by atoms with E-state index in [1.54, 1.807) is 0 Å². The van der Waals surface area contributed by atoms with E-state index in [1.165, 1.54) is 23.8 Å². The second-order valence-corrected chi connectivity index (χ2v) is 6.60. The average molecular weight is 380 g/mol. The number of anilines is 1. The van der Waals surface area contributed by atoms with Gasteiger partial charge in [0.15, 0.2) is 5.11 Å². The molecular formula is C18H19ClFN3OS. The molecule has 25 heavy (non-hydrogen) atoms. The fraction of sp³-hybridized carbons (Fsp3) is 0.222. The molecule has 0 unspecified atom stereocenters. The smallest absolute Gasteiger partial charge is 0.242 e. The number of rotatable bonds is 4. The fourth-order valence-corrected chi connectivity index (χ4v) is 2.54. The van der Waals surface area contributed by atoms with Gasteiger partial charge in [0.1, 0.15) is 5.82 Å². The number of hydrazine groups is 1. The van der Waals surface area contributed by atoms with Gasteiger partial charge in [-0.15, -0.1) is 0 Å². The summed E-state index contributed by atoms with van der Waals surface area (Å²) in [5, 5.41) is 3.39.